The number of carbonyl (C=O) groups excluding carboxylic acids is 2. The fraction of sp³-hybridized carbons (Fsp3) is 0.217. The maximum Gasteiger partial charge on any atom is 0.274 e. The molecule has 0 fully saturated rings. The molecule has 2 amide bonds. The van der Waals surface area contributed by atoms with Crippen molar-refractivity contribution in [1.29, 1.82) is 0 Å². The summed E-state index contributed by atoms with van der Waals surface area (Å²) in [7, 11) is 1.53. The molecule has 10 nitrogen and oxygen atoms in total. The van der Waals surface area contributed by atoms with Crippen LogP contribution in [0.2, 0.25) is 0 Å². The number of benzene rings is 1. The van der Waals surface area contributed by atoms with Crippen molar-refractivity contribution in [3.05, 3.63) is 80.9 Å². The number of amides is 2. The minimum Gasteiger partial charge on any atom is -0.442 e. The van der Waals surface area contributed by atoms with Gasteiger partial charge in [0.15, 0.2) is 5.16 Å². The molecule has 4 rings (SSSR count). The third kappa shape index (κ3) is 4.84. The molecule has 0 unspecified atom stereocenters. The second-order valence-corrected chi connectivity index (χ2v) is 8.64. The molecule has 0 radical (unpaired) electrons. The highest BCUT2D eigenvalue weighted by Crippen LogP contribution is 2.21. The van der Waals surface area contributed by atoms with E-state index in [1.165, 1.54) is 29.7 Å². The fourth-order valence-electron chi connectivity index (χ4n) is 3.37. The minimum absolute atomic E-state index is 0.0324. The van der Waals surface area contributed by atoms with Crippen molar-refractivity contribution >= 4 is 34.7 Å². The van der Waals surface area contributed by atoms with Gasteiger partial charge in [-0.3, -0.25) is 25.2 Å². The summed E-state index contributed by atoms with van der Waals surface area (Å²) in [6.07, 6.45) is 1.31. The standard InChI is InChI=1S/C23H22N6O4S/c1-12-9-13(2)26-23(25-12)34-10-15-5-7-16(8-6-15)19(30)27-28-20(31)17-14(3)33-21-18(17)22(32)29(4)11-24-21/h5-9,11H,10H2,1-4H3,(H,27,30)(H,28,31). The predicted octanol–water partition coefficient (Wildman–Crippen LogP) is 2.61. The molecule has 34 heavy (non-hydrogen) atoms. The molecule has 3 heterocycles. The number of thioether (sulfide) groups is 1. The highest BCUT2D eigenvalue weighted by Gasteiger charge is 2.23. The van der Waals surface area contributed by atoms with Gasteiger partial charge in [-0.05, 0) is 44.5 Å². The van der Waals surface area contributed by atoms with E-state index in [4.69, 9.17) is 4.42 Å². The number of fused-ring (bicyclic) bond motifs is 1. The van der Waals surface area contributed by atoms with Crippen molar-refractivity contribution in [2.45, 2.75) is 31.7 Å². The Morgan fingerprint density at radius 2 is 1.68 bits per heavy atom. The number of hydrazine groups is 1. The first-order valence-electron chi connectivity index (χ1n) is 10.3. The number of nitrogens with zero attached hydrogens (tertiary/aromatic N) is 4. The van der Waals surface area contributed by atoms with Crippen molar-refractivity contribution in [3.8, 4) is 0 Å². The molecule has 0 aliphatic rings. The van der Waals surface area contributed by atoms with Gasteiger partial charge in [-0.1, -0.05) is 23.9 Å². The molecule has 174 valence electrons. The number of hydrogen-bond acceptors (Lipinski definition) is 8. The van der Waals surface area contributed by atoms with Crippen molar-refractivity contribution in [1.82, 2.24) is 30.4 Å². The number of rotatable bonds is 5. The number of nitrogens with one attached hydrogen (secondary N) is 2. The lowest BCUT2D eigenvalue weighted by molar-refractivity contribution is 0.0846. The van der Waals surface area contributed by atoms with Crippen LogP contribution in [0.25, 0.3) is 11.1 Å². The van der Waals surface area contributed by atoms with E-state index in [1.807, 2.05) is 32.0 Å². The zero-order valence-corrected chi connectivity index (χ0v) is 19.8. The zero-order chi connectivity index (χ0) is 24.4. The molecule has 1 aromatic carbocycles. The fourth-order valence-corrected chi connectivity index (χ4v) is 4.27. The summed E-state index contributed by atoms with van der Waals surface area (Å²) < 4.78 is 6.67. The predicted molar refractivity (Wildman–Crippen MR) is 126 cm³/mol. The molecule has 0 saturated heterocycles. The lowest BCUT2D eigenvalue weighted by atomic mass is 10.1. The summed E-state index contributed by atoms with van der Waals surface area (Å²) in [5.74, 6) is -0.290. The Morgan fingerprint density at radius 3 is 2.35 bits per heavy atom. The van der Waals surface area contributed by atoms with Crippen molar-refractivity contribution in [2.75, 3.05) is 0 Å². The number of aryl methyl sites for hydroxylation is 4. The van der Waals surface area contributed by atoms with Crippen LogP contribution in [0.1, 0.15) is 43.4 Å². The molecule has 0 aliphatic carbocycles. The van der Waals surface area contributed by atoms with Gasteiger partial charge in [0.25, 0.3) is 17.4 Å². The van der Waals surface area contributed by atoms with Gasteiger partial charge in [-0.2, -0.15) is 0 Å². The van der Waals surface area contributed by atoms with Crippen LogP contribution in [0.3, 0.4) is 0 Å². The lowest BCUT2D eigenvalue weighted by Crippen LogP contribution is -2.42. The Labute approximate surface area is 198 Å². The van der Waals surface area contributed by atoms with Gasteiger partial charge in [-0.25, -0.2) is 15.0 Å². The summed E-state index contributed by atoms with van der Waals surface area (Å²) >= 11 is 1.51. The highest BCUT2D eigenvalue weighted by atomic mass is 32.2. The van der Waals surface area contributed by atoms with Gasteiger partial charge < -0.3 is 8.98 Å². The number of furan rings is 1. The Morgan fingerprint density at radius 1 is 1.03 bits per heavy atom. The van der Waals surface area contributed by atoms with Crippen molar-refractivity contribution in [3.63, 3.8) is 0 Å². The van der Waals surface area contributed by atoms with Gasteiger partial charge in [0, 0.05) is 29.8 Å². The molecule has 3 aromatic heterocycles. The van der Waals surface area contributed by atoms with Crippen LogP contribution in [-0.2, 0) is 12.8 Å². The molecule has 11 heteroatoms. The minimum atomic E-state index is -0.670. The van der Waals surface area contributed by atoms with Crippen LogP contribution in [0.15, 0.2) is 51.0 Å². The summed E-state index contributed by atoms with van der Waals surface area (Å²) in [6, 6.07) is 8.91. The molecular weight excluding hydrogens is 456 g/mol. The van der Waals surface area contributed by atoms with E-state index in [0.717, 1.165) is 17.0 Å². The summed E-state index contributed by atoms with van der Waals surface area (Å²) in [5, 5.41) is 0.762. The van der Waals surface area contributed by atoms with Crippen LogP contribution in [0, 0.1) is 20.8 Å². The van der Waals surface area contributed by atoms with Crippen LogP contribution in [-0.4, -0.2) is 31.3 Å². The smallest absolute Gasteiger partial charge is 0.274 e. The van der Waals surface area contributed by atoms with Gasteiger partial charge in [0.1, 0.15) is 17.5 Å². The Kier molecular flexibility index (Phi) is 6.46. The quantitative estimate of drug-likeness (QED) is 0.254. The van der Waals surface area contributed by atoms with Crippen molar-refractivity contribution in [2.24, 2.45) is 7.05 Å². The van der Waals surface area contributed by atoms with E-state index in [1.54, 1.807) is 19.1 Å². The Bertz CT molecular complexity index is 1440. The normalized spacial score (nSPS) is 10.9. The number of aromatic nitrogens is 4. The van der Waals surface area contributed by atoms with Crippen LogP contribution < -0.4 is 16.4 Å². The van der Waals surface area contributed by atoms with Gasteiger partial charge in [0.05, 0.1) is 5.56 Å². The average Bonchev–Trinajstić information content (AvgIpc) is 3.15. The summed E-state index contributed by atoms with van der Waals surface area (Å²) in [4.78, 5) is 50.4. The molecule has 0 aliphatic heterocycles. The molecule has 0 bridgehead atoms. The Hall–Kier alpha value is -3.99. The van der Waals surface area contributed by atoms with Gasteiger partial charge in [0.2, 0.25) is 5.71 Å². The SMILES string of the molecule is Cc1cc(C)nc(SCc2ccc(C(=O)NNC(=O)c3c(C)oc4ncn(C)c(=O)c34)cc2)n1. The summed E-state index contributed by atoms with van der Waals surface area (Å²) in [6.45, 7) is 5.41. The molecule has 4 aromatic rings. The first-order chi connectivity index (χ1) is 16.2. The van der Waals surface area contributed by atoms with Crippen LogP contribution in [0.4, 0.5) is 0 Å². The topological polar surface area (TPSA) is 132 Å². The second kappa shape index (κ2) is 9.48. The van der Waals surface area contributed by atoms with E-state index < -0.39 is 17.4 Å². The highest BCUT2D eigenvalue weighted by molar-refractivity contribution is 7.98. The number of hydrogen-bond donors (Lipinski definition) is 2. The molecule has 0 atom stereocenters. The maximum absolute atomic E-state index is 12.7. The Balaban J connectivity index is 1.39. The summed E-state index contributed by atoms with van der Waals surface area (Å²) in [5.41, 5.74) is 7.58. The van der Waals surface area contributed by atoms with Gasteiger partial charge in [-0.15, -0.1) is 0 Å². The first-order valence-corrected chi connectivity index (χ1v) is 11.3. The maximum atomic E-state index is 12.7. The van der Waals surface area contributed by atoms with E-state index in [2.05, 4.69) is 25.8 Å². The molecule has 0 saturated carbocycles. The first kappa shape index (κ1) is 23.2. The van der Waals surface area contributed by atoms with E-state index in [-0.39, 0.29) is 22.4 Å². The molecule has 0 spiro atoms. The largest absolute Gasteiger partial charge is 0.442 e. The van der Waals surface area contributed by atoms with Crippen LogP contribution in [0.5, 0.6) is 0 Å². The number of carbonyl (C=O) groups is 2. The van der Waals surface area contributed by atoms with Gasteiger partial charge >= 0.3 is 0 Å². The third-order valence-electron chi connectivity index (χ3n) is 5.01. The molecular formula is C23H22N6O4S. The van der Waals surface area contributed by atoms with E-state index in [9.17, 15) is 14.4 Å². The average molecular weight is 479 g/mol. The van der Waals surface area contributed by atoms with E-state index in [0.29, 0.717) is 16.5 Å². The third-order valence-corrected chi connectivity index (χ3v) is 5.93. The van der Waals surface area contributed by atoms with E-state index >= 15 is 0 Å². The monoisotopic (exact) mass is 478 g/mol. The zero-order valence-electron chi connectivity index (χ0n) is 19.0. The van der Waals surface area contributed by atoms with Crippen molar-refractivity contribution < 1.29 is 14.0 Å². The lowest BCUT2D eigenvalue weighted by Gasteiger charge is -2.08. The van der Waals surface area contributed by atoms with Crippen LogP contribution >= 0.6 is 11.8 Å². The molecule has 2 N–H and O–H groups in total. The second-order valence-electron chi connectivity index (χ2n) is 7.70.